The highest BCUT2D eigenvalue weighted by atomic mass is 32.2. The van der Waals surface area contributed by atoms with Gasteiger partial charge in [-0.25, -0.2) is 4.98 Å². The smallest absolute Gasteiger partial charge is 0.152 e. The molecule has 0 amide bonds. The lowest BCUT2D eigenvalue weighted by Gasteiger charge is -2.38. The number of rotatable bonds is 2. The number of fused-ring (bicyclic) bond motifs is 1. The van der Waals surface area contributed by atoms with Gasteiger partial charge >= 0.3 is 0 Å². The first kappa shape index (κ1) is 12.8. The molecule has 0 aromatic carbocycles. The van der Waals surface area contributed by atoms with Gasteiger partial charge in [0, 0.05) is 36.3 Å². The molecule has 3 heterocycles. The van der Waals surface area contributed by atoms with Crippen molar-refractivity contribution in [1.29, 1.82) is 0 Å². The SMILES string of the molecule is CC1SCCN(c2nc3ccccn3c2CN)C1C. The zero-order valence-electron chi connectivity index (χ0n) is 11.4. The molecule has 19 heavy (non-hydrogen) atoms. The normalized spacial score (nSPS) is 24.1. The van der Waals surface area contributed by atoms with E-state index in [0.29, 0.717) is 17.8 Å². The molecule has 1 fully saturated rings. The monoisotopic (exact) mass is 276 g/mol. The molecule has 2 aromatic rings. The van der Waals surface area contributed by atoms with Gasteiger partial charge in [-0.05, 0) is 19.1 Å². The number of nitrogens with two attached hydrogens (primary N) is 1. The zero-order chi connectivity index (χ0) is 13.4. The third-order valence-corrected chi connectivity index (χ3v) is 5.29. The highest BCUT2D eigenvalue weighted by Crippen LogP contribution is 2.31. The standard InChI is InChI=1S/C14H20N4S/c1-10-11(2)19-8-7-17(10)14-12(9-15)18-6-4-3-5-13(18)16-14/h3-6,10-11H,7-9,15H2,1-2H3. The van der Waals surface area contributed by atoms with Gasteiger partial charge < -0.3 is 15.0 Å². The number of anilines is 1. The average molecular weight is 276 g/mol. The van der Waals surface area contributed by atoms with E-state index in [1.54, 1.807) is 0 Å². The first-order chi connectivity index (χ1) is 9.22. The van der Waals surface area contributed by atoms with Gasteiger partial charge in [-0.3, -0.25) is 0 Å². The van der Waals surface area contributed by atoms with Crippen molar-refractivity contribution in [1.82, 2.24) is 9.38 Å². The van der Waals surface area contributed by atoms with Crippen LogP contribution in [0.4, 0.5) is 5.82 Å². The molecule has 2 aromatic heterocycles. The van der Waals surface area contributed by atoms with Crippen molar-refractivity contribution in [3.8, 4) is 0 Å². The summed E-state index contributed by atoms with van der Waals surface area (Å²) in [5, 5.41) is 0.629. The molecule has 4 nitrogen and oxygen atoms in total. The van der Waals surface area contributed by atoms with Gasteiger partial charge in [0.15, 0.2) is 5.82 Å². The van der Waals surface area contributed by atoms with Crippen LogP contribution in [0.2, 0.25) is 0 Å². The van der Waals surface area contributed by atoms with E-state index in [1.807, 2.05) is 36.2 Å². The Morgan fingerprint density at radius 2 is 2.26 bits per heavy atom. The van der Waals surface area contributed by atoms with Gasteiger partial charge in [0.25, 0.3) is 0 Å². The van der Waals surface area contributed by atoms with Crippen LogP contribution in [0.15, 0.2) is 24.4 Å². The van der Waals surface area contributed by atoms with E-state index in [2.05, 4.69) is 23.1 Å². The van der Waals surface area contributed by atoms with Crippen LogP contribution < -0.4 is 10.6 Å². The van der Waals surface area contributed by atoms with Crippen molar-refractivity contribution >= 4 is 23.2 Å². The minimum atomic E-state index is 0.494. The number of pyridine rings is 1. The summed E-state index contributed by atoms with van der Waals surface area (Å²) in [6.45, 7) is 6.14. The molecule has 1 saturated heterocycles. The van der Waals surface area contributed by atoms with Crippen LogP contribution in [0.3, 0.4) is 0 Å². The van der Waals surface area contributed by atoms with E-state index < -0.39 is 0 Å². The molecule has 1 aliphatic rings. The van der Waals surface area contributed by atoms with Crippen molar-refractivity contribution in [2.45, 2.75) is 31.7 Å². The summed E-state index contributed by atoms with van der Waals surface area (Å²) in [4.78, 5) is 7.20. The van der Waals surface area contributed by atoms with Gasteiger partial charge in [0.1, 0.15) is 5.65 Å². The maximum atomic E-state index is 5.96. The first-order valence-electron chi connectivity index (χ1n) is 6.76. The molecule has 1 aliphatic heterocycles. The summed E-state index contributed by atoms with van der Waals surface area (Å²) >= 11 is 2.04. The fourth-order valence-electron chi connectivity index (χ4n) is 2.69. The second-order valence-corrected chi connectivity index (χ2v) is 6.51. The van der Waals surface area contributed by atoms with Crippen molar-refractivity contribution in [3.63, 3.8) is 0 Å². The molecular formula is C14H20N4S. The second kappa shape index (κ2) is 5.06. The molecule has 102 valence electrons. The number of nitrogens with zero attached hydrogens (tertiary/aromatic N) is 3. The van der Waals surface area contributed by atoms with Crippen LogP contribution in [0, 0.1) is 0 Å². The summed E-state index contributed by atoms with van der Waals surface area (Å²) in [5.74, 6) is 2.22. The van der Waals surface area contributed by atoms with E-state index in [0.717, 1.165) is 29.5 Å². The lowest BCUT2D eigenvalue weighted by Crippen LogP contribution is -2.45. The molecule has 0 saturated carbocycles. The summed E-state index contributed by atoms with van der Waals surface area (Å²) in [5.41, 5.74) is 8.05. The highest BCUT2D eigenvalue weighted by molar-refractivity contribution is 8.00. The molecule has 0 bridgehead atoms. The second-order valence-electron chi connectivity index (χ2n) is 5.02. The molecule has 3 rings (SSSR count). The molecule has 0 radical (unpaired) electrons. The Bertz CT molecular complexity index is 580. The maximum absolute atomic E-state index is 5.96. The third-order valence-electron chi connectivity index (χ3n) is 3.96. The van der Waals surface area contributed by atoms with Gasteiger partial charge in [0.05, 0.1) is 5.69 Å². The van der Waals surface area contributed by atoms with E-state index in [9.17, 15) is 0 Å². The van der Waals surface area contributed by atoms with E-state index in [-0.39, 0.29) is 0 Å². The number of aromatic nitrogens is 2. The number of hydrogen-bond acceptors (Lipinski definition) is 4. The number of thioether (sulfide) groups is 1. The third kappa shape index (κ3) is 2.11. The van der Waals surface area contributed by atoms with Crippen LogP contribution >= 0.6 is 11.8 Å². The number of imidazole rings is 1. The predicted octanol–water partition coefficient (Wildman–Crippen LogP) is 2.12. The van der Waals surface area contributed by atoms with Crippen LogP contribution in [-0.4, -0.2) is 33.0 Å². The molecule has 0 spiro atoms. The number of hydrogen-bond donors (Lipinski definition) is 1. The van der Waals surface area contributed by atoms with Gasteiger partial charge in [-0.1, -0.05) is 13.0 Å². The van der Waals surface area contributed by atoms with Crippen molar-refractivity contribution < 1.29 is 0 Å². The first-order valence-corrected chi connectivity index (χ1v) is 7.81. The van der Waals surface area contributed by atoms with Crippen LogP contribution in [0.25, 0.3) is 5.65 Å². The van der Waals surface area contributed by atoms with Crippen molar-refractivity contribution in [2.75, 3.05) is 17.2 Å². The van der Waals surface area contributed by atoms with E-state index >= 15 is 0 Å². The Morgan fingerprint density at radius 3 is 3.05 bits per heavy atom. The minimum absolute atomic E-state index is 0.494. The molecule has 2 atom stereocenters. The minimum Gasteiger partial charge on any atom is -0.350 e. The van der Waals surface area contributed by atoms with Gasteiger partial charge in [-0.2, -0.15) is 11.8 Å². The van der Waals surface area contributed by atoms with E-state index in [1.165, 1.54) is 0 Å². The van der Waals surface area contributed by atoms with E-state index in [4.69, 9.17) is 10.7 Å². The molecular weight excluding hydrogens is 256 g/mol. The van der Waals surface area contributed by atoms with Crippen LogP contribution in [0.1, 0.15) is 19.5 Å². The molecule has 2 unspecified atom stereocenters. The molecule has 0 aliphatic carbocycles. The summed E-state index contributed by atoms with van der Waals surface area (Å²) in [6, 6.07) is 6.57. The summed E-state index contributed by atoms with van der Waals surface area (Å²) < 4.78 is 2.11. The Kier molecular flexibility index (Phi) is 3.41. The highest BCUT2D eigenvalue weighted by Gasteiger charge is 2.28. The summed E-state index contributed by atoms with van der Waals surface area (Å²) in [6.07, 6.45) is 2.04. The van der Waals surface area contributed by atoms with Crippen LogP contribution in [-0.2, 0) is 6.54 Å². The average Bonchev–Trinajstić information content (AvgIpc) is 2.80. The largest absolute Gasteiger partial charge is 0.350 e. The van der Waals surface area contributed by atoms with Crippen molar-refractivity contribution in [2.24, 2.45) is 5.73 Å². The Balaban J connectivity index is 2.08. The fraction of sp³-hybridized carbons (Fsp3) is 0.500. The van der Waals surface area contributed by atoms with Gasteiger partial charge in [-0.15, -0.1) is 0 Å². The molecule has 5 heteroatoms. The fourth-order valence-corrected chi connectivity index (χ4v) is 3.79. The van der Waals surface area contributed by atoms with Crippen molar-refractivity contribution in [3.05, 3.63) is 30.1 Å². The lowest BCUT2D eigenvalue weighted by molar-refractivity contribution is 0.618. The van der Waals surface area contributed by atoms with Gasteiger partial charge in [0.2, 0.25) is 0 Å². The maximum Gasteiger partial charge on any atom is 0.152 e. The quantitative estimate of drug-likeness (QED) is 0.912. The molecule has 2 N–H and O–H groups in total. The Morgan fingerprint density at radius 1 is 1.42 bits per heavy atom. The Hall–Kier alpha value is -1.20. The Labute approximate surface area is 118 Å². The van der Waals surface area contributed by atoms with Crippen LogP contribution in [0.5, 0.6) is 0 Å². The zero-order valence-corrected chi connectivity index (χ0v) is 12.2. The summed E-state index contributed by atoms with van der Waals surface area (Å²) in [7, 11) is 0. The predicted molar refractivity (Wildman–Crippen MR) is 81.8 cm³/mol. The lowest BCUT2D eigenvalue weighted by atomic mass is 10.2. The topological polar surface area (TPSA) is 46.6 Å².